The summed E-state index contributed by atoms with van der Waals surface area (Å²) in [4.78, 5) is 0. The molecule has 0 amide bonds. The van der Waals surface area contributed by atoms with E-state index >= 15 is 0 Å². The van der Waals surface area contributed by atoms with E-state index in [4.69, 9.17) is 0 Å². The second-order valence-electron chi connectivity index (χ2n) is 9.64. The van der Waals surface area contributed by atoms with E-state index in [1.54, 1.807) is 24.3 Å². The highest BCUT2D eigenvalue weighted by atomic mass is 19.4. The molecular weight excluding hydrogens is 550 g/mol. The molecular formula is C29H10F6N4O2. The Labute approximate surface area is 227 Å². The van der Waals surface area contributed by atoms with Crippen LogP contribution in [0.4, 0.5) is 26.3 Å². The lowest BCUT2D eigenvalue weighted by molar-refractivity contribution is -0.275. The second kappa shape index (κ2) is 8.03. The first-order valence-electron chi connectivity index (χ1n) is 11.7. The third-order valence-electron chi connectivity index (χ3n) is 7.63. The Morgan fingerprint density at radius 3 is 1.71 bits per heavy atom. The van der Waals surface area contributed by atoms with Crippen molar-refractivity contribution < 1.29 is 35.8 Å². The molecule has 1 spiro atoms. The number of rotatable bonds is 2. The fraction of sp³-hybridized carbons (Fsp3) is 0.172. The van der Waals surface area contributed by atoms with E-state index in [9.17, 15) is 47.4 Å². The number of ether oxygens (including phenoxy) is 2. The zero-order chi connectivity index (χ0) is 29.5. The zero-order valence-corrected chi connectivity index (χ0v) is 20.2. The molecule has 1 unspecified atom stereocenters. The van der Waals surface area contributed by atoms with Crippen LogP contribution in [0.15, 0.2) is 54.1 Å². The van der Waals surface area contributed by atoms with Crippen molar-refractivity contribution in [2.24, 2.45) is 5.41 Å². The molecule has 200 valence electrons. The molecule has 41 heavy (non-hydrogen) atoms. The molecule has 12 heteroatoms. The SMILES string of the molecule is N#CC(C#N)=C1c2cc(OC(F)(F)F)ccc2-c2cc3c(cc21)C1(CC1(C#N)C#N)c1cc(OC(F)(F)F)ccc1-3. The Bertz CT molecular complexity index is 1880. The van der Waals surface area contributed by atoms with Crippen molar-refractivity contribution in [3.05, 3.63) is 76.4 Å². The molecule has 6 rings (SSSR count). The predicted molar refractivity (Wildman–Crippen MR) is 127 cm³/mol. The van der Waals surface area contributed by atoms with Gasteiger partial charge in [0, 0.05) is 5.57 Å². The number of alkyl halides is 6. The number of nitriles is 4. The molecule has 0 aromatic heterocycles. The topological polar surface area (TPSA) is 114 Å². The van der Waals surface area contributed by atoms with Gasteiger partial charge in [0.25, 0.3) is 0 Å². The van der Waals surface area contributed by atoms with Crippen molar-refractivity contribution in [3.63, 3.8) is 0 Å². The van der Waals surface area contributed by atoms with E-state index in [0.29, 0.717) is 27.8 Å². The van der Waals surface area contributed by atoms with Gasteiger partial charge in [-0.15, -0.1) is 26.3 Å². The van der Waals surface area contributed by atoms with E-state index in [2.05, 4.69) is 9.47 Å². The van der Waals surface area contributed by atoms with Crippen LogP contribution < -0.4 is 9.47 Å². The molecule has 1 saturated carbocycles. The molecule has 3 aliphatic carbocycles. The fourth-order valence-corrected chi connectivity index (χ4v) is 6.07. The van der Waals surface area contributed by atoms with Crippen LogP contribution in [0.2, 0.25) is 0 Å². The predicted octanol–water partition coefficient (Wildman–Crippen LogP) is 7.02. The Morgan fingerprint density at radius 1 is 0.634 bits per heavy atom. The van der Waals surface area contributed by atoms with Gasteiger partial charge in [-0.1, -0.05) is 12.1 Å². The van der Waals surface area contributed by atoms with Crippen molar-refractivity contribution in [3.8, 4) is 58.0 Å². The van der Waals surface area contributed by atoms with Crippen LogP contribution in [-0.4, -0.2) is 12.7 Å². The molecule has 0 heterocycles. The molecule has 0 N–H and O–H groups in total. The number of hydrogen-bond acceptors (Lipinski definition) is 6. The maximum atomic E-state index is 13.0. The summed E-state index contributed by atoms with van der Waals surface area (Å²) in [5, 5.41) is 39.3. The molecule has 0 aliphatic heterocycles. The van der Waals surface area contributed by atoms with Gasteiger partial charge in [0.15, 0.2) is 5.41 Å². The number of fused-ring (bicyclic) bond motifs is 8. The molecule has 3 aromatic rings. The summed E-state index contributed by atoms with van der Waals surface area (Å²) in [5.41, 5.74) is -0.473. The first-order valence-corrected chi connectivity index (χ1v) is 11.7. The van der Waals surface area contributed by atoms with Gasteiger partial charge in [-0.25, -0.2) is 0 Å². The van der Waals surface area contributed by atoms with E-state index in [-0.39, 0.29) is 28.7 Å². The average Bonchev–Trinajstić information content (AvgIpc) is 3.40. The summed E-state index contributed by atoms with van der Waals surface area (Å²) >= 11 is 0. The van der Waals surface area contributed by atoms with Crippen LogP contribution in [0.25, 0.3) is 27.8 Å². The minimum Gasteiger partial charge on any atom is -0.406 e. The van der Waals surface area contributed by atoms with Crippen molar-refractivity contribution in [1.29, 1.82) is 21.0 Å². The quantitative estimate of drug-likeness (QED) is 0.192. The second-order valence-corrected chi connectivity index (χ2v) is 9.64. The highest BCUT2D eigenvalue weighted by Gasteiger charge is 2.74. The highest BCUT2D eigenvalue weighted by Crippen LogP contribution is 2.74. The number of hydrogen-bond donors (Lipinski definition) is 0. The van der Waals surface area contributed by atoms with Crippen LogP contribution in [0.3, 0.4) is 0 Å². The largest absolute Gasteiger partial charge is 0.573 e. The van der Waals surface area contributed by atoms with E-state index in [0.717, 1.165) is 24.3 Å². The van der Waals surface area contributed by atoms with Gasteiger partial charge in [-0.3, -0.25) is 0 Å². The third-order valence-corrected chi connectivity index (χ3v) is 7.63. The zero-order valence-electron chi connectivity index (χ0n) is 20.2. The Kier molecular flexibility index (Phi) is 5.06. The van der Waals surface area contributed by atoms with E-state index in [1.165, 1.54) is 12.1 Å². The standard InChI is InChI=1S/C29H10F6N4O2/c30-28(31,32)40-15-1-3-17-19-7-20-18-4-2-16(41-29(33,34)35)6-23(18)27(11-26(27,12-38)13-39)24(20)8-22(19)25(21(17)5-15)14(9-36)10-37/h1-8H,11H2. The fourth-order valence-electron chi connectivity index (χ4n) is 6.07. The van der Waals surface area contributed by atoms with Crippen LogP contribution in [0.1, 0.15) is 28.7 Å². The normalized spacial score (nSPS) is 18.5. The van der Waals surface area contributed by atoms with Crippen LogP contribution in [0.5, 0.6) is 11.5 Å². The summed E-state index contributed by atoms with van der Waals surface area (Å²) in [6.07, 6.45) is -10.0. The van der Waals surface area contributed by atoms with Crippen molar-refractivity contribution in [1.82, 2.24) is 0 Å². The summed E-state index contributed by atoms with van der Waals surface area (Å²) in [5.74, 6) is -1.11. The summed E-state index contributed by atoms with van der Waals surface area (Å²) in [6, 6.07) is 17.8. The van der Waals surface area contributed by atoms with Crippen LogP contribution in [-0.2, 0) is 5.41 Å². The molecule has 0 bridgehead atoms. The monoisotopic (exact) mass is 560 g/mol. The van der Waals surface area contributed by atoms with Gasteiger partial charge in [-0.05, 0) is 87.3 Å². The minimum absolute atomic E-state index is 0.0304. The maximum absolute atomic E-state index is 13.0. The van der Waals surface area contributed by atoms with Gasteiger partial charge in [-0.2, -0.15) is 21.0 Å². The molecule has 1 fully saturated rings. The molecule has 6 nitrogen and oxygen atoms in total. The van der Waals surface area contributed by atoms with Gasteiger partial charge in [0.05, 0.1) is 17.6 Å². The molecule has 0 saturated heterocycles. The summed E-state index contributed by atoms with van der Waals surface area (Å²) in [7, 11) is 0. The molecule has 0 radical (unpaired) electrons. The first-order chi connectivity index (χ1) is 19.3. The van der Waals surface area contributed by atoms with Gasteiger partial charge in [0.2, 0.25) is 0 Å². The van der Waals surface area contributed by atoms with Gasteiger partial charge < -0.3 is 9.47 Å². The van der Waals surface area contributed by atoms with Crippen LogP contribution >= 0.6 is 0 Å². The first kappa shape index (κ1) is 25.8. The summed E-state index contributed by atoms with van der Waals surface area (Å²) < 4.78 is 85.9. The van der Waals surface area contributed by atoms with E-state index in [1.807, 2.05) is 12.1 Å². The number of allylic oxidation sites excluding steroid dienone is 1. The van der Waals surface area contributed by atoms with Crippen molar-refractivity contribution in [2.45, 2.75) is 24.6 Å². The third kappa shape index (κ3) is 3.55. The number of halogens is 6. The lowest BCUT2D eigenvalue weighted by atomic mass is 9.83. The Balaban J connectivity index is 1.63. The Morgan fingerprint density at radius 2 is 1.17 bits per heavy atom. The van der Waals surface area contributed by atoms with Crippen LogP contribution in [0, 0.1) is 50.7 Å². The molecule has 3 aliphatic rings. The Hall–Kier alpha value is -5.46. The highest BCUT2D eigenvalue weighted by molar-refractivity contribution is 6.06. The molecule has 3 aromatic carbocycles. The molecule has 1 atom stereocenters. The smallest absolute Gasteiger partial charge is 0.406 e. The average molecular weight is 560 g/mol. The lowest BCUT2D eigenvalue weighted by Gasteiger charge is -2.17. The van der Waals surface area contributed by atoms with Crippen molar-refractivity contribution >= 4 is 5.57 Å². The number of nitrogens with zero attached hydrogens (tertiary/aromatic N) is 4. The van der Waals surface area contributed by atoms with Gasteiger partial charge >= 0.3 is 12.7 Å². The lowest BCUT2D eigenvalue weighted by Crippen LogP contribution is -2.18. The minimum atomic E-state index is -4.99. The maximum Gasteiger partial charge on any atom is 0.573 e. The van der Waals surface area contributed by atoms with E-state index < -0.39 is 40.6 Å². The summed E-state index contributed by atoms with van der Waals surface area (Å²) in [6.45, 7) is 0. The van der Waals surface area contributed by atoms with Gasteiger partial charge in [0.1, 0.15) is 29.2 Å². The number of benzene rings is 3. The van der Waals surface area contributed by atoms with Crippen molar-refractivity contribution in [2.75, 3.05) is 0 Å².